The lowest BCUT2D eigenvalue weighted by Gasteiger charge is -2.13. The number of benzene rings is 2. The van der Waals surface area contributed by atoms with Gasteiger partial charge in [0.05, 0.1) is 24.5 Å². The highest BCUT2D eigenvalue weighted by molar-refractivity contribution is 6.06. The summed E-state index contributed by atoms with van der Waals surface area (Å²) in [4.78, 5) is 12.5. The Morgan fingerprint density at radius 3 is 2.39 bits per heavy atom. The minimum Gasteiger partial charge on any atom is -0.492 e. The van der Waals surface area contributed by atoms with E-state index in [4.69, 9.17) is 14.2 Å². The number of carbonyl (C=O) groups is 1. The number of amides is 1. The molecule has 0 aliphatic heterocycles. The summed E-state index contributed by atoms with van der Waals surface area (Å²) in [6.45, 7) is 3.28. The van der Waals surface area contributed by atoms with Gasteiger partial charge in [-0.2, -0.15) is 0 Å². The summed E-state index contributed by atoms with van der Waals surface area (Å²) in [5.74, 6) is 0.919. The van der Waals surface area contributed by atoms with Crippen LogP contribution in [-0.2, 0) is 4.74 Å². The monoisotopic (exact) mass is 315 g/mol. The number of para-hydroxylation sites is 3. The van der Waals surface area contributed by atoms with Crippen LogP contribution in [-0.4, -0.2) is 32.8 Å². The fraction of sp³-hybridized carbons (Fsp3) is 0.278. The van der Waals surface area contributed by atoms with E-state index in [1.54, 1.807) is 31.4 Å². The minimum absolute atomic E-state index is 0.245. The largest absolute Gasteiger partial charge is 0.492 e. The quantitative estimate of drug-likeness (QED) is 0.759. The van der Waals surface area contributed by atoms with Crippen molar-refractivity contribution < 1.29 is 19.0 Å². The van der Waals surface area contributed by atoms with Gasteiger partial charge in [-0.25, -0.2) is 0 Å². The summed E-state index contributed by atoms with van der Waals surface area (Å²) < 4.78 is 16.1. The first kappa shape index (κ1) is 16.8. The maximum absolute atomic E-state index is 12.5. The van der Waals surface area contributed by atoms with Crippen LogP contribution in [0, 0.1) is 0 Å². The van der Waals surface area contributed by atoms with E-state index >= 15 is 0 Å². The molecule has 0 atom stereocenters. The number of ether oxygens (including phenoxy) is 3. The fourth-order valence-electron chi connectivity index (χ4n) is 2.06. The molecule has 23 heavy (non-hydrogen) atoms. The lowest BCUT2D eigenvalue weighted by molar-refractivity contribution is 0.101. The molecule has 0 aromatic heterocycles. The number of methoxy groups -OCH3 is 1. The van der Waals surface area contributed by atoms with Crippen LogP contribution in [0.15, 0.2) is 48.5 Å². The zero-order valence-electron chi connectivity index (χ0n) is 13.4. The summed E-state index contributed by atoms with van der Waals surface area (Å²) in [5, 5.41) is 2.87. The molecule has 1 N–H and O–H groups in total. The minimum atomic E-state index is -0.245. The number of anilines is 1. The molecule has 0 aliphatic carbocycles. The second kappa shape index (κ2) is 8.80. The van der Waals surface area contributed by atoms with E-state index in [1.165, 1.54) is 0 Å². The Morgan fingerprint density at radius 2 is 1.65 bits per heavy atom. The molecule has 5 nitrogen and oxygen atoms in total. The van der Waals surface area contributed by atoms with Crippen molar-refractivity contribution in [3.05, 3.63) is 54.1 Å². The summed E-state index contributed by atoms with van der Waals surface area (Å²) in [6.07, 6.45) is 0. The van der Waals surface area contributed by atoms with Crippen LogP contribution in [0.3, 0.4) is 0 Å². The normalized spacial score (nSPS) is 10.2. The Bertz CT molecular complexity index is 642. The van der Waals surface area contributed by atoms with Crippen molar-refractivity contribution in [2.45, 2.75) is 6.92 Å². The lowest BCUT2D eigenvalue weighted by atomic mass is 10.1. The van der Waals surface area contributed by atoms with Crippen LogP contribution in [0.2, 0.25) is 0 Å². The van der Waals surface area contributed by atoms with E-state index in [0.29, 0.717) is 42.6 Å². The Kier molecular flexibility index (Phi) is 6.44. The molecule has 0 saturated carbocycles. The highest BCUT2D eigenvalue weighted by Gasteiger charge is 2.14. The van der Waals surface area contributed by atoms with Gasteiger partial charge in [-0.05, 0) is 31.2 Å². The van der Waals surface area contributed by atoms with Gasteiger partial charge in [-0.15, -0.1) is 0 Å². The average Bonchev–Trinajstić information content (AvgIpc) is 2.57. The highest BCUT2D eigenvalue weighted by atomic mass is 16.5. The van der Waals surface area contributed by atoms with Crippen molar-refractivity contribution in [1.82, 2.24) is 0 Å². The van der Waals surface area contributed by atoms with Crippen LogP contribution in [0.25, 0.3) is 0 Å². The van der Waals surface area contributed by atoms with Crippen molar-refractivity contribution in [2.75, 3.05) is 32.2 Å². The zero-order chi connectivity index (χ0) is 16.5. The van der Waals surface area contributed by atoms with Crippen molar-refractivity contribution >= 4 is 11.6 Å². The van der Waals surface area contributed by atoms with E-state index in [-0.39, 0.29) is 5.91 Å². The maximum atomic E-state index is 12.5. The van der Waals surface area contributed by atoms with E-state index in [0.717, 1.165) is 0 Å². The molecule has 0 saturated heterocycles. The van der Waals surface area contributed by atoms with Gasteiger partial charge in [0.25, 0.3) is 5.91 Å². The molecular weight excluding hydrogens is 294 g/mol. The molecule has 0 fully saturated rings. The molecule has 1 amide bonds. The molecule has 2 rings (SSSR count). The van der Waals surface area contributed by atoms with Crippen molar-refractivity contribution in [3.63, 3.8) is 0 Å². The molecule has 0 radical (unpaired) electrons. The Balaban J connectivity index is 2.15. The van der Waals surface area contributed by atoms with E-state index < -0.39 is 0 Å². The molecule has 0 bridgehead atoms. The van der Waals surface area contributed by atoms with Crippen LogP contribution >= 0.6 is 0 Å². The van der Waals surface area contributed by atoms with Crippen LogP contribution in [0.5, 0.6) is 11.5 Å². The molecule has 0 heterocycles. The zero-order valence-corrected chi connectivity index (χ0v) is 13.4. The van der Waals surface area contributed by atoms with Crippen molar-refractivity contribution in [1.29, 1.82) is 0 Å². The second-order valence-corrected chi connectivity index (χ2v) is 4.72. The first-order valence-corrected chi connectivity index (χ1v) is 7.50. The van der Waals surface area contributed by atoms with E-state index in [9.17, 15) is 4.79 Å². The predicted molar refractivity (Wildman–Crippen MR) is 89.4 cm³/mol. The van der Waals surface area contributed by atoms with Crippen molar-refractivity contribution in [2.24, 2.45) is 0 Å². The molecule has 2 aromatic carbocycles. The Labute approximate surface area is 136 Å². The van der Waals surface area contributed by atoms with E-state index in [2.05, 4.69) is 5.32 Å². The Morgan fingerprint density at radius 1 is 0.957 bits per heavy atom. The standard InChI is InChI=1S/C18H21NO4/c1-3-22-17-11-7-5-9-15(17)19-18(20)14-8-4-6-10-16(14)23-13-12-21-2/h4-11H,3,12-13H2,1-2H3,(H,19,20). The molecular formula is C18H21NO4. The molecule has 2 aromatic rings. The second-order valence-electron chi connectivity index (χ2n) is 4.72. The Hall–Kier alpha value is -2.53. The smallest absolute Gasteiger partial charge is 0.259 e. The maximum Gasteiger partial charge on any atom is 0.259 e. The SMILES string of the molecule is CCOc1ccccc1NC(=O)c1ccccc1OCCOC. The third-order valence-corrected chi connectivity index (χ3v) is 3.11. The molecule has 0 unspecified atom stereocenters. The number of rotatable bonds is 8. The summed E-state index contributed by atoms with van der Waals surface area (Å²) in [7, 11) is 1.60. The van der Waals surface area contributed by atoms with Gasteiger partial charge >= 0.3 is 0 Å². The molecule has 0 aliphatic rings. The molecule has 5 heteroatoms. The average molecular weight is 315 g/mol. The first-order chi connectivity index (χ1) is 11.3. The van der Waals surface area contributed by atoms with Crippen LogP contribution in [0.4, 0.5) is 5.69 Å². The third-order valence-electron chi connectivity index (χ3n) is 3.11. The van der Waals surface area contributed by atoms with Gasteiger partial charge in [-0.3, -0.25) is 4.79 Å². The fourth-order valence-corrected chi connectivity index (χ4v) is 2.06. The van der Waals surface area contributed by atoms with Gasteiger partial charge in [0.2, 0.25) is 0 Å². The lowest BCUT2D eigenvalue weighted by Crippen LogP contribution is -2.15. The topological polar surface area (TPSA) is 56.8 Å². The van der Waals surface area contributed by atoms with Gasteiger partial charge < -0.3 is 19.5 Å². The van der Waals surface area contributed by atoms with Gasteiger partial charge in [0, 0.05) is 7.11 Å². The van der Waals surface area contributed by atoms with Gasteiger partial charge in [0.15, 0.2) is 0 Å². The summed E-state index contributed by atoms with van der Waals surface area (Å²) in [5.41, 5.74) is 1.10. The van der Waals surface area contributed by atoms with E-state index in [1.807, 2.05) is 31.2 Å². The number of carbonyl (C=O) groups excluding carboxylic acids is 1. The molecule has 0 spiro atoms. The van der Waals surface area contributed by atoms with Crippen LogP contribution < -0.4 is 14.8 Å². The number of hydrogen-bond donors (Lipinski definition) is 1. The summed E-state index contributed by atoms with van der Waals surface area (Å²) >= 11 is 0. The van der Waals surface area contributed by atoms with Gasteiger partial charge in [-0.1, -0.05) is 24.3 Å². The van der Waals surface area contributed by atoms with Crippen molar-refractivity contribution in [3.8, 4) is 11.5 Å². The summed E-state index contributed by atoms with van der Waals surface area (Å²) in [6, 6.07) is 14.4. The van der Waals surface area contributed by atoms with Crippen LogP contribution in [0.1, 0.15) is 17.3 Å². The van der Waals surface area contributed by atoms with Gasteiger partial charge in [0.1, 0.15) is 18.1 Å². The first-order valence-electron chi connectivity index (χ1n) is 7.50. The number of nitrogens with one attached hydrogen (secondary N) is 1. The predicted octanol–water partition coefficient (Wildman–Crippen LogP) is 3.36. The molecule has 122 valence electrons. The third kappa shape index (κ3) is 4.72. The highest BCUT2D eigenvalue weighted by Crippen LogP contribution is 2.26. The number of hydrogen-bond acceptors (Lipinski definition) is 4.